The summed E-state index contributed by atoms with van der Waals surface area (Å²) in [6, 6.07) is 19.9. The zero-order chi connectivity index (χ0) is 13.9. The van der Waals surface area contributed by atoms with E-state index in [-0.39, 0.29) is 5.41 Å². The van der Waals surface area contributed by atoms with Crippen molar-refractivity contribution >= 4 is 26.7 Å². The molecule has 4 rings (SSSR count). The van der Waals surface area contributed by atoms with Gasteiger partial charge in [-0.15, -0.1) is 0 Å². The van der Waals surface area contributed by atoms with Crippen LogP contribution in [-0.4, -0.2) is 0 Å². The summed E-state index contributed by atoms with van der Waals surface area (Å²) in [7, 11) is 0. The minimum absolute atomic E-state index is 0.0788. The van der Waals surface area contributed by atoms with Gasteiger partial charge in [-0.25, -0.2) is 0 Å². The van der Waals surface area contributed by atoms with Crippen molar-refractivity contribution in [2.45, 2.75) is 19.3 Å². The predicted molar refractivity (Wildman–Crippen MR) is 89.2 cm³/mol. The van der Waals surface area contributed by atoms with Gasteiger partial charge in [0.1, 0.15) is 0 Å². The SMILES string of the molecule is CC1(C)c2ccc(Br)cc2-c2c1ccc1ccccc21. The molecule has 98 valence electrons. The van der Waals surface area contributed by atoms with Crippen molar-refractivity contribution in [3.05, 3.63) is 70.2 Å². The summed E-state index contributed by atoms with van der Waals surface area (Å²) in [6.45, 7) is 4.64. The first-order chi connectivity index (χ1) is 9.59. The molecule has 0 bridgehead atoms. The van der Waals surface area contributed by atoms with E-state index in [1.54, 1.807) is 0 Å². The second-order valence-corrected chi connectivity index (χ2v) is 6.94. The van der Waals surface area contributed by atoms with Gasteiger partial charge in [0, 0.05) is 9.89 Å². The van der Waals surface area contributed by atoms with Crippen molar-refractivity contribution < 1.29 is 0 Å². The molecule has 0 heterocycles. The first kappa shape index (κ1) is 12.2. The minimum atomic E-state index is 0.0788. The normalized spacial score (nSPS) is 15.2. The van der Waals surface area contributed by atoms with Crippen molar-refractivity contribution in [1.29, 1.82) is 0 Å². The highest BCUT2D eigenvalue weighted by atomic mass is 79.9. The van der Waals surface area contributed by atoms with Crippen molar-refractivity contribution in [1.82, 2.24) is 0 Å². The van der Waals surface area contributed by atoms with Crippen molar-refractivity contribution in [3.63, 3.8) is 0 Å². The summed E-state index contributed by atoms with van der Waals surface area (Å²) < 4.78 is 1.15. The molecule has 0 fully saturated rings. The molecule has 1 aliphatic rings. The molecule has 3 aromatic rings. The Hall–Kier alpha value is -1.60. The standard InChI is InChI=1S/C19H15Br/c1-19(2)16-10-8-13(20)11-15(16)18-14-6-4-3-5-12(14)7-9-17(18)19/h3-11H,1-2H3. The molecular formula is C19H15Br. The number of hydrogen-bond acceptors (Lipinski definition) is 0. The largest absolute Gasteiger partial charge is 0.0616 e. The second kappa shape index (κ2) is 3.95. The van der Waals surface area contributed by atoms with Crippen LogP contribution in [0.25, 0.3) is 21.9 Å². The minimum Gasteiger partial charge on any atom is -0.0616 e. The van der Waals surface area contributed by atoms with Crippen LogP contribution in [0.1, 0.15) is 25.0 Å². The number of fused-ring (bicyclic) bond motifs is 5. The summed E-state index contributed by atoms with van der Waals surface area (Å²) in [5.74, 6) is 0. The first-order valence-electron chi connectivity index (χ1n) is 6.92. The highest BCUT2D eigenvalue weighted by Gasteiger charge is 2.36. The smallest absolute Gasteiger partial charge is 0.0181 e. The van der Waals surface area contributed by atoms with Gasteiger partial charge in [0.25, 0.3) is 0 Å². The van der Waals surface area contributed by atoms with Crippen LogP contribution in [0.4, 0.5) is 0 Å². The quantitative estimate of drug-likeness (QED) is 0.482. The molecule has 0 aromatic heterocycles. The molecule has 0 spiro atoms. The number of hydrogen-bond donors (Lipinski definition) is 0. The molecule has 0 N–H and O–H groups in total. The van der Waals surface area contributed by atoms with Crippen LogP contribution in [0.2, 0.25) is 0 Å². The lowest BCUT2D eigenvalue weighted by atomic mass is 9.82. The van der Waals surface area contributed by atoms with Gasteiger partial charge in [-0.3, -0.25) is 0 Å². The fraction of sp³-hybridized carbons (Fsp3) is 0.158. The summed E-state index contributed by atoms with van der Waals surface area (Å²) in [6.07, 6.45) is 0. The van der Waals surface area contributed by atoms with E-state index in [9.17, 15) is 0 Å². The Kier molecular flexibility index (Phi) is 2.41. The molecule has 0 nitrogen and oxygen atoms in total. The molecule has 0 amide bonds. The summed E-state index contributed by atoms with van der Waals surface area (Å²) in [5, 5.41) is 2.67. The summed E-state index contributed by atoms with van der Waals surface area (Å²) >= 11 is 3.62. The van der Waals surface area contributed by atoms with Crippen LogP contribution in [-0.2, 0) is 5.41 Å². The third kappa shape index (κ3) is 1.47. The Labute approximate surface area is 127 Å². The predicted octanol–water partition coefficient (Wildman–Crippen LogP) is 5.91. The van der Waals surface area contributed by atoms with Gasteiger partial charge < -0.3 is 0 Å². The van der Waals surface area contributed by atoms with Gasteiger partial charge in [0.05, 0.1) is 0 Å². The Morgan fingerprint density at radius 1 is 0.850 bits per heavy atom. The van der Waals surface area contributed by atoms with Crippen molar-refractivity contribution in [2.75, 3.05) is 0 Å². The molecule has 0 radical (unpaired) electrons. The molecule has 1 heteroatoms. The average Bonchev–Trinajstić information content (AvgIpc) is 2.67. The van der Waals surface area contributed by atoms with E-state index in [0.717, 1.165) is 4.47 Å². The van der Waals surface area contributed by atoms with E-state index >= 15 is 0 Å². The van der Waals surface area contributed by atoms with Crippen LogP contribution in [0.3, 0.4) is 0 Å². The van der Waals surface area contributed by atoms with Crippen LogP contribution in [0, 0.1) is 0 Å². The first-order valence-corrected chi connectivity index (χ1v) is 7.71. The fourth-order valence-electron chi connectivity index (χ4n) is 3.50. The maximum Gasteiger partial charge on any atom is 0.0181 e. The van der Waals surface area contributed by atoms with Gasteiger partial charge in [-0.2, -0.15) is 0 Å². The fourth-order valence-corrected chi connectivity index (χ4v) is 3.86. The van der Waals surface area contributed by atoms with Gasteiger partial charge in [-0.1, -0.05) is 72.2 Å². The second-order valence-electron chi connectivity index (χ2n) is 6.02. The third-order valence-corrected chi connectivity index (χ3v) is 5.02. The monoisotopic (exact) mass is 322 g/mol. The molecule has 0 aliphatic heterocycles. The van der Waals surface area contributed by atoms with Crippen molar-refractivity contribution in [3.8, 4) is 11.1 Å². The van der Waals surface area contributed by atoms with E-state index in [4.69, 9.17) is 0 Å². The molecular weight excluding hydrogens is 308 g/mol. The van der Waals surface area contributed by atoms with Crippen LogP contribution in [0.15, 0.2) is 59.1 Å². The van der Waals surface area contributed by atoms with Crippen LogP contribution in [0.5, 0.6) is 0 Å². The topological polar surface area (TPSA) is 0 Å². The van der Waals surface area contributed by atoms with Gasteiger partial charge in [0.2, 0.25) is 0 Å². The van der Waals surface area contributed by atoms with Gasteiger partial charge >= 0.3 is 0 Å². The number of halogens is 1. The molecule has 1 aliphatic carbocycles. The van der Waals surface area contributed by atoms with Gasteiger partial charge in [-0.05, 0) is 45.2 Å². The Morgan fingerprint density at radius 3 is 2.45 bits per heavy atom. The molecule has 20 heavy (non-hydrogen) atoms. The highest BCUT2D eigenvalue weighted by molar-refractivity contribution is 9.10. The van der Waals surface area contributed by atoms with E-state index in [1.165, 1.54) is 33.0 Å². The number of rotatable bonds is 0. The summed E-state index contributed by atoms with van der Waals surface area (Å²) in [5.41, 5.74) is 5.71. The van der Waals surface area contributed by atoms with Crippen LogP contribution >= 0.6 is 15.9 Å². The van der Waals surface area contributed by atoms with Crippen molar-refractivity contribution in [2.24, 2.45) is 0 Å². The Balaban J connectivity index is 2.21. The van der Waals surface area contributed by atoms with Crippen LogP contribution < -0.4 is 0 Å². The maximum absolute atomic E-state index is 3.62. The zero-order valence-electron chi connectivity index (χ0n) is 11.6. The molecule has 0 atom stereocenters. The highest BCUT2D eigenvalue weighted by Crippen LogP contribution is 2.51. The molecule has 0 saturated carbocycles. The lowest BCUT2D eigenvalue weighted by molar-refractivity contribution is 0.661. The Bertz CT molecular complexity index is 844. The molecule has 0 unspecified atom stereocenters. The van der Waals surface area contributed by atoms with E-state index in [2.05, 4.69) is 84.4 Å². The lowest BCUT2D eigenvalue weighted by Crippen LogP contribution is -2.14. The van der Waals surface area contributed by atoms with E-state index < -0.39 is 0 Å². The van der Waals surface area contributed by atoms with E-state index in [0.29, 0.717) is 0 Å². The van der Waals surface area contributed by atoms with E-state index in [1.807, 2.05) is 0 Å². The average molecular weight is 323 g/mol. The molecule has 0 saturated heterocycles. The Morgan fingerprint density at radius 2 is 1.60 bits per heavy atom. The zero-order valence-corrected chi connectivity index (χ0v) is 13.2. The lowest BCUT2D eigenvalue weighted by Gasteiger charge is -2.21. The maximum atomic E-state index is 3.62. The summed E-state index contributed by atoms with van der Waals surface area (Å²) in [4.78, 5) is 0. The van der Waals surface area contributed by atoms with Gasteiger partial charge in [0.15, 0.2) is 0 Å². The third-order valence-electron chi connectivity index (χ3n) is 4.53. The number of benzene rings is 3. The molecule has 3 aromatic carbocycles.